The van der Waals surface area contributed by atoms with Crippen LogP contribution in [0.2, 0.25) is 0 Å². The number of imidazole rings is 1. The molecule has 0 aliphatic heterocycles. The minimum absolute atomic E-state index is 0.00682. The summed E-state index contributed by atoms with van der Waals surface area (Å²) in [5, 5.41) is 0. The van der Waals surface area contributed by atoms with Gasteiger partial charge in [0.2, 0.25) is 0 Å². The molecule has 1 aromatic rings. The van der Waals surface area contributed by atoms with E-state index >= 15 is 0 Å². The van der Waals surface area contributed by atoms with E-state index in [0.717, 1.165) is 0 Å². The van der Waals surface area contributed by atoms with Gasteiger partial charge in [-0.25, -0.2) is 9.78 Å². The first-order chi connectivity index (χ1) is 7.24. The Morgan fingerprint density at radius 3 is 3.00 bits per heavy atom. The molecule has 84 valence electrons. The fourth-order valence-corrected chi connectivity index (χ4v) is 1.13. The van der Waals surface area contributed by atoms with Crippen molar-refractivity contribution in [1.29, 1.82) is 0 Å². The zero-order chi connectivity index (χ0) is 11.1. The van der Waals surface area contributed by atoms with Crippen molar-refractivity contribution >= 4 is 5.97 Å². The Morgan fingerprint density at radius 2 is 2.40 bits per heavy atom. The van der Waals surface area contributed by atoms with Crippen LogP contribution in [0.25, 0.3) is 0 Å². The summed E-state index contributed by atoms with van der Waals surface area (Å²) in [5.74, 6) is -0.324. The highest BCUT2D eigenvalue weighted by Crippen LogP contribution is 2.04. The van der Waals surface area contributed by atoms with Gasteiger partial charge in [0.25, 0.3) is 0 Å². The predicted molar refractivity (Wildman–Crippen MR) is 54.4 cm³/mol. The number of esters is 1. The average Bonchev–Trinajstić information content (AvgIpc) is 2.70. The van der Waals surface area contributed by atoms with Gasteiger partial charge in [-0.15, -0.1) is 0 Å². The van der Waals surface area contributed by atoms with Gasteiger partial charge in [0.1, 0.15) is 6.61 Å². The molecule has 0 saturated carbocycles. The quantitative estimate of drug-likeness (QED) is 0.661. The van der Waals surface area contributed by atoms with E-state index < -0.39 is 0 Å². The zero-order valence-corrected chi connectivity index (χ0v) is 9.05. The Kier molecular flexibility index (Phi) is 4.83. The number of hydrogen-bond acceptors (Lipinski definition) is 4. The molecule has 0 unspecified atom stereocenters. The third-order valence-corrected chi connectivity index (χ3v) is 1.92. The first kappa shape index (κ1) is 11.7. The van der Waals surface area contributed by atoms with Crippen LogP contribution in [0.15, 0.2) is 18.7 Å². The lowest BCUT2D eigenvalue weighted by Gasteiger charge is -2.12. The summed E-state index contributed by atoms with van der Waals surface area (Å²) >= 11 is 0. The Morgan fingerprint density at radius 1 is 1.60 bits per heavy atom. The second-order valence-corrected chi connectivity index (χ2v) is 3.18. The van der Waals surface area contributed by atoms with Crippen molar-refractivity contribution in [1.82, 2.24) is 9.55 Å². The van der Waals surface area contributed by atoms with E-state index in [1.807, 2.05) is 17.7 Å². The van der Waals surface area contributed by atoms with Crippen LogP contribution in [0.5, 0.6) is 0 Å². The van der Waals surface area contributed by atoms with Crippen molar-refractivity contribution in [3.8, 4) is 0 Å². The molecule has 0 bridgehead atoms. The summed E-state index contributed by atoms with van der Waals surface area (Å²) in [6.45, 7) is 4.63. The topological polar surface area (TPSA) is 53.4 Å². The molecule has 0 N–H and O–H groups in total. The molecule has 0 radical (unpaired) electrons. The van der Waals surface area contributed by atoms with E-state index in [0.29, 0.717) is 13.2 Å². The van der Waals surface area contributed by atoms with Gasteiger partial charge >= 0.3 is 5.97 Å². The lowest BCUT2D eigenvalue weighted by molar-refractivity contribution is -0.148. The molecule has 1 atom stereocenters. The van der Waals surface area contributed by atoms with Crippen LogP contribution >= 0.6 is 0 Å². The molecule has 1 aromatic heterocycles. The molecule has 1 rings (SSSR count). The van der Waals surface area contributed by atoms with Gasteiger partial charge in [-0.2, -0.15) is 0 Å². The van der Waals surface area contributed by atoms with Gasteiger partial charge in [0, 0.05) is 12.4 Å². The minimum Gasteiger partial charge on any atom is -0.464 e. The molecular weight excluding hydrogens is 196 g/mol. The van der Waals surface area contributed by atoms with Gasteiger partial charge in [-0.1, -0.05) is 0 Å². The van der Waals surface area contributed by atoms with E-state index in [-0.39, 0.29) is 18.6 Å². The molecule has 1 heterocycles. The average molecular weight is 212 g/mol. The highest BCUT2D eigenvalue weighted by molar-refractivity contribution is 5.70. The van der Waals surface area contributed by atoms with Crippen molar-refractivity contribution in [2.45, 2.75) is 19.9 Å². The Labute approximate surface area is 89.0 Å². The van der Waals surface area contributed by atoms with E-state index in [1.165, 1.54) is 0 Å². The van der Waals surface area contributed by atoms with Gasteiger partial charge in [-0.3, -0.25) is 0 Å². The standard InChI is InChI=1S/C10H16N2O3/c1-3-15-10(13)7-14-6-9(2)12-5-4-11-8-12/h4-5,8-9H,3,6-7H2,1-2H3/t9-/m1/s1. The summed E-state index contributed by atoms with van der Waals surface area (Å²) in [7, 11) is 0. The van der Waals surface area contributed by atoms with Crippen LogP contribution in [-0.4, -0.2) is 35.3 Å². The van der Waals surface area contributed by atoms with E-state index in [9.17, 15) is 4.79 Å². The number of nitrogens with zero attached hydrogens (tertiary/aromatic N) is 2. The number of carbonyl (C=O) groups excluding carboxylic acids is 1. The van der Waals surface area contributed by atoms with Crippen LogP contribution < -0.4 is 0 Å². The van der Waals surface area contributed by atoms with Crippen molar-refractivity contribution in [2.75, 3.05) is 19.8 Å². The van der Waals surface area contributed by atoms with Crippen molar-refractivity contribution in [3.63, 3.8) is 0 Å². The van der Waals surface area contributed by atoms with Gasteiger partial charge in [-0.05, 0) is 13.8 Å². The normalized spacial score (nSPS) is 12.4. The fraction of sp³-hybridized carbons (Fsp3) is 0.600. The predicted octanol–water partition coefficient (Wildman–Crippen LogP) is 1.02. The molecule has 0 fully saturated rings. The Bertz CT molecular complexity index is 285. The minimum atomic E-state index is -0.324. The molecule has 0 aliphatic rings. The number of aromatic nitrogens is 2. The fourth-order valence-electron chi connectivity index (χ4n) is 1.13. The summed E-state index contributed by atoms with van der Waals surface area (Å²) in [6, 6.07) is 0.168. The highest BCUT2D eigenvalue weighted by Gasteiger charge is 2.06. The first-order valence-electron chi connectivity index (χ1n) is 4.94. The lowest BCUT2D eigenvalue weighted by Crippen LogP contribution is -2.17. The lowest BCUT2D eigenvalue weighted by atomic mass is 10.3. The van der Waals surface area contributed by atoms with Crippen LogP contribution in [0.1, 0.15) is 19.9 Å². The van der Waals surface area contributed by atoms with Gasteiger partial charge < -0.3 is 14.0 Å². The molecule has 15 heavy (non-hydrogen) atoms. The largest absolute Gasteiger partial charge is 0.464 e. The second-order valence-electron chi connectivity index (χ2n) is 3.18. The molecule has 5 heteroatoms. The van der Waals surface area contributed by atoms with E-state index in [4.69, 9.17) is 9.47 Å². The number of rotatable bonds is 6. The molecule has 0 spiro atoms. The Balaban J connectivity index is 2.18. The summed E-state index contributed by atoms with van der Waals surface area (Å²) in [5.41, 5.74) is 0. The molecule has 5 nitrogen and oxygen atoms in total. The molecule has 0 aliphatic carbocycles. The third kappa shape index (κ3) is 4.12. The smallest absolute Gasteiger partial charge is 0.332 e. The maximum absolute atomic E-state index is 10.9. The maximum Gasteiger partial charge on any atom is 0.332 e. The van der Waals surface area contributed by atoms with Crippen LogP contribution in [0, 0.1) is 0 Å². The van der Waals surface area contributed by atoms with Crippen molar-refractivity contribution in [2.24, 2.45) is 0 Å². The molecule has 0 aromatic carbocycles. The SMILES string of the molecule is CCOC(=O)COC[C@@H](C)n1ccnc1. The maximum atomic E-state index is 10.9. The molecule has 0 saturated heterocycles. The monoisotopic (exact) mass is 212 g/mol. The molecule has 0 amide bonds. The number of carbonyl (C=O) groups is 1. The summed E-state index contributed by atoms with van der Waals surface area (Å²) in [6.07, 6.45) is 5.29. The van der Waals surface area contributed by atoms with E-state index in [1.54, 1.807) is 19.4 Å². The molecular formula is C10H16N2O3. The second kappa shape index (κ2) is 6.19. The van der Waals surface area contributed by atoms with Gasteiger partial charge in [0.05, 0.1) is 25.6 Å². The van der Waals surface area contributed by atoms with Crippen LogP contribution in [-0.2, 0) is 14.3 Å². The van der Waals surface area contributed by atoms with Crippen molar-refractivity contribution in [3.05, 3.63) is 18.7 Å². The highest BCUT2D eigenvalue weighted by atomic mass is 16.6. The van der Waals surface area contributed by atoms with Crippen LogP contribution in [0.3, 0.4) is 0 Å². The van der Waals surface area contributed by atoms with Crippen LogP contribution in [0.4, 0.5) is 0 Å². The number of ether oxygens (including phenoxy) is 2. The first-order valence-corrected chi connectivity index (χ1v) is 4.94. The summed E-state index contributed by atoms with van der Waals surface area (Å²) < 4.78 is 11.9. The zero-order valence-electron chi connectivity index (χ0n) is 9.05. The third-order valence-electron chi connectivity index (χ3n) is 1.92. The number of hydrogen-bond donors (Lipinski definition) is 0. The van der Waals surface area contributed by atoms with Gasteiger partial charge in [0.15, 0.2) is 0 Å². The summed E-state index contributed by atoms with van der Waals surface area (Å²) in [4.78, 5) is 14.9. The van der Waals surface area contributed by atoms with Crippen molar-refractivity contribution < 1.29 is 14.3 Å². The Hall–Kier alpha value is -1.36. The van der Waals surface area contributed by atoms with E-state index in [2.05, 4.69) is 4.98 Å².